The van der Waals surface area contributed by atoms with Crippen molar-refractivity contribution < 1.29 is 4.79 Å². The molecule has 0 bridgehead atoms. The van der Waals surface area contributed by atoms with E-state index in [1.807, 2.05) is 53.4 Å². The van der Waals surface area contributed by atoms with Crippen molar-refractivity contribution in [3.05, 3.63) is 77.3 Å². The van der Waals surface area contributed by atoms with E-state index in [4.69, 9.17) is 11.6 Å². The average molecular weight is 371 g/mol. The minimum Gasteiger partial charge on any atom is -0.295 e. The number of nitrogens with zero attached hydrogens (tertiary/aromatic N) is 4. The maximum Gasteiger partial charge on any atom is 0.238 e. The minimum atomic E-state index is -0.0950. The van der Waals surface area contributed by atoms with Gasteiger partial charge >= 0.3 is 0 Å². The molecule has 3 aromatic rings. The summed E-state index contributed by atoms with van der Waals surface area (Å²) in [5, 5.41) is 4.70. The lowest BCUT2D eigenvalue weighted by Crippen LogP contribution is -2.27. The molecule has 1 atom stereocenters. The Kier molecular flexibility index (Phi) is 4.46. The molecule has 1 aliphatic rings. The van der Waals surface area contributed by atoms with Gasteiger partial charge in [-0.05, 0) is 23.8 Å². The predicted octanol–water partition coefficient (Wildman–Crippen LogP) is 3.76. The summed E-state index contributed by atoms with van der Waals surface area (Å²) >= 11 is 7.94. The molecular formula is C18H15ClN4OS. The number of carbonyl (C=O) groups excluding carboxylic acids is 1. The number of halogens is 1. The fourth-order valence-corrected chi connectivity index (χ4v) is 4.39. The summed E-state index contributed by atoms with van der Waals surface area (Å²) in [6.45, 7) is 0.650. The van der Waals surface area contributed by atoms with Gasteiger partial charge in [-0.3, -0.25) is 9.69 Å². The van der Waals surface area contributed by atoms with Gasteiger partial charge in [-0.25, -0.2) is 9.67 Å². The fraction of sp³-hybridized carbons (Fsp3) is 0.167. The van der Waals surface area contributed by atoms with Crippen molar-refractivity contribution in [2.75, 3.05) is 10.7 Å². The van der Waals surface area contributed by atoms with Crippen molar-refractivity contribution in [1.29, 1.82) is 0 Å². The summed E-state index contributed by atoms with van der Waals surface area (Å²) in [5.41, 5.74) is 2.94. The Morgan fingerprint density at radius 1 is 1.16 bits per heavy atom. The van der Waals surface area contributed by atoms with Gasteiger partial charge in [-0.15, -0.1) is 11.8 Å². The summed E-state index contributed by atoms with van der Waals surface area (Å²) in [7, 11) is 0. The Morgan fingerprint density at radius 2 is 1.96 bits per heavy atom. The van der Waals surface area contributed by atoms with E-state index in [1.54, 1.807) is 22.8 Å². The van der Waals surface area contributed by atoms with Gasteiger partial charge < -0.3 is 0 Å². The van der Waals surface area contributed by atoms with E-state index in [9.17, 15) is 4.79 Å². The van der Waals surface area contributed by atoms with Crippen LogP contribution in [0.1, 0.15) is 16.5 Å². The number of rotatable bonds is 4. The Morgan fingerprint density at radius 3 is 2.68 bits per heavy atom. The Labute approximate surface area is 154 Å². The van der Waals surface area contributed by atoms with Gasteiger partial charge in [-0.1, -0.05) is 41.9 Å². The number of aromatic nitrogens is 3. The second-order valence-electron chi connectivity index (χ2n) is 5.71. The third-order valence-corrected chi connectivity index (χ3v) is 5.60. The SMILES string of the molecule is O=C1CSC(c2ccccc2Cl)N1c1ccc(Cn2cncn2)cc1. The molecule has 1 amide bonds. The Hall–Kier alpha value is -2.31. The number of anilines is 1. The highest BCUT2D eigenvalue weighted by Gasteiger charge is 2.34. The molecule has 1 fully saturated rings. The summed E-state index contributed by atoms with van der Waals surface area (Å²) in [6, 6.07) is 15.7. The van der Waals surface area contributed by atoms with Gasteiger partial charge in [0.15, 0.2) is 0 Å². The molecular weight excluding hydrogens is 356 g/mol. The molecule has 2 heterocycles. The molecule has 1 saturated heterocycles. The maximum atomic E-state index is 12.5. The van der Waals surface area contributed by atoms with Crippen LogP contribution in [0.25, 0.3) is 0 Å². The van der Waals surface area contributed by atoms with E-state index >= 15 is 0 Å². The third kappa shape index (κ3) is 3.27. The standard InChI is InChI=1S/C18H15ClN4OS/c19-16-4-2-1-3-15(16)18-23(17(24)10-25-18)14-7-5-13(6-8-14)9-22-12-20-11-21-22/h1-8,11-12,18H,9-10H2. The van der Waals surface area contributed by atoms with E-state index in [0.29, 0.717) is 17.3 Å². The lowest BCUT2D eigenvalue weighted by molar-refractivity contribution is -0.115. The van der Waals surface area contributed by atoms with Gasteiger partial charge in [0, 0.05) is 16.3 Å². The highest BCUT2D eigenvalue weighted by atomic mass is 35.5. The van der Waals surface area contributed by atoms with Crippen molar-refractivity contribution in [2.24, 2.45) is 0 Å². The van der Waals surface area contributed by atoms with E-state index in [2.05, 4.69) is 10.1 Å². The largest absolute Gasteiger partial charge is 0.295 e. The molecule has 2 aromatic carbocycles. The quantitative estimate of drug-likeness (QED) is 0.701. The number of benzene rings is 2. The van der Waals surface area contributed by atoms with E-state index < -0.39 is 0 Å². The van der Waals surface area contributed by atoms with Crippen LogP contribution < -0.4 is 4.90 Å². The third-order valence-electron chi connectivity index (χ3n) is 4.06. The zero-order valence-electron chi connectivity index (χ0n) is 13.2. The Bertz CT molecular complexity index is 882. The molecule has 1 unspecified atom stereocenters. The minimum absolute atomic E-state index is 0.0950. The second-order valence-corrected chi connectivity index (χ2v) is 7.18. The van der Waals surface area contributed by atoms with Crippen LogP contribution >= 0.6 is 23.4 Å². The fourth-order valence-electron chi connectivity index (χ4n) is 2.87. The normalized spacial score (nSPS) is 17.2. The molecule has 7 heteroatoms. The second kappa shape index (κ2) is 6.90. The van der Waals surface area contributed by atoms with Gasteiger partial charge in [0.25, 0.3) is 0 Å². The van der Waals surface area contributed by atoms with E-state index in [-0.39, 0.29) is 11.3 Å². The first-order valence-corrected chi connectivity index (χ1v) is 9.24. The molecule has 25 heavy (non-hydrogen) atoms. The van der Waals surface area contributed by atoms with Crippen molar-refractivity contribution in [1.82, 2.24) is 14.8 Å². The number of hydrogen-bond donors (Lipinski definition) is 0. The zero-order chi connectivity index (χ0) is 17.2. The molecule has 0 aliphatic carbocycles. The molecule has 1 aliphatic heterocycles. The average Bonchev–Trinajstić information content (AvgIpc) is 3.26. The van der Waals surface area contributed by atoms with Gasteiger partial charge in [0.05, 0.1) is 12.3 Å². The van der Waals surface area contributed by atoms with Crippen LogP contribution in [0.15, 0.2) is 61.2 Å². The summed E-state index contributed by atoms with van der Waals surface area (Å²) < 4.78 is 1.76. The van der Waals surface area contributed by atoms with E-state index in [0.717, 1.165) is 16.8 Å². The Balaban J connectivity index is 1.60. The monoisotopic (exact) mass is 370 g/mol. The lowest BCUT2D eigenvalue weighted by Gasteiger charge is -2.25. The molecule has 0 N–H and O–H groups in total. The van der Waals surface area contributed by atoms with Crippen molar-refractivity contribution in [3.8, 4) is 0 Å². The first-order valence-electron chi connectivity index (χ1n) is 7.82. The van der Waals surface area contributed by atoms with Crippen molar-refractivity contribution >= 4 is 35.0 Å². The van der Waals surface area contributed by atoms with E-state index in [1.165, 1.54) is 6.33 Å². The number of thioether (sulfide) groups is 1. The first kappa shape index (κ1) is 16.2. The number of hydrogen-bond acceptors (Lipinski definition) is 4. The van der Waals surface area contributed by atoms with Gasteiger partial charge in [-0.2, -0.15) is 5.10 Å². The topological polar surface area (TPSA) is 51.0 Å². The van der Waals surface area contributed by atoms with Gasteiger partial charge in [0.1, 0.15) is 18.0 Å². The summed E-state index contributed by atoms with van der Waals surface area (Å²) in [4.78, 5) is 18.2. The lowest BCUT2D eigenvalue weighted by atomic mass is 10.1. The molecule has 4 rings (SSSR count). The van der Waals surface area contributed by atoms with Crippen LogP contribution in [-0.2, 0) is 11.3 Å². The van der Waals surface area contributed by atoms with Crippen molar-refractivity contribution in [3.63, 3.8) is 0 Å². The van der Waals surface area contributed by atoms with Crippen LogP contribution in [0.3, 0.4) is 0 Å². The zero-order valence-corrected chi connectivity index (χ0v) is 14.8. The smallest absolute Gasteiger partial charge is 0.238 e. The molecule has 0 saturated carbocycles. The van der Waals surface area contributed by atoms with Crippen LogP contribution in [0, 0.1) is 0 Å². The first-order chi connectivity index (χ1) is 12.2. The van der Waals surface area contributed by atoms with Crippen LogP contribution in [0.4, 0.5) is 5.69 Å². The predicted molar refractivity (Wildman–Crippen MR) is 99.7 cm³/mol. The molecule has 1 aromatic heterocycles. The number of amides is 1. The van der Waals surface area contributed by atoms with Crippen LogP contribution in [0.2, 0.25) is 5.02 Å². The highest BCUT2D eigenvalue weighted by Crippen LogP contribution is 2.43. The van der Waals surface area contributed by atoms with Crippen LogP contribution in [0.5, 0.6) is 0 Å². The summed E-state index contributed by atoms with van der Waals surface area (Å²) in [6.07, 6.45) is 3.20. The molecule has 0 spiro atoms. The molecule has 126 valence electrons. The molecule has 5 nitrogen and oxygen atoms in total. The highest BCUT2D eigenvalue weighted by molar-refractivity contribution is 8.00. The number of carbonyl (C=O) groups is 1. The van der Waals surface area contributed by atoms with Gasteiger partial charge in [0.2, 0.25) is 5.91 Å². The van der Waals surface area contributed by atoms with Crippen molar-refractivity contribution in [2.45, 2.75) is 11.9 Å². The van der Waals surface area contributed by atoms with Crippen LogP contribution in [-0.4, -0.2) is 26.4 Å². The maximum absolute atomic E-state index is 12.5. The summed E-state index contributed by atoms with van der Waals surface area (Å²) in [5.74, 6) is 0.551. The molecule has 0 radical (unpaired) electrons.